The van der Waals surface area contributed by atoms with Crippen LogP contribution in [0.2, 0.25) is 0 Å². The van der Waals surface area contributed by atoms with Crippen LogP contribution in [0.1, 0.15) is 47.0 Å². The number of amides is 1. The molecular weight excluding hydrogens is 292 g/mol. The number of nitrogens with zero attached hydrogens (tertiary/aromatic N) is 1. The van der Waals surface area contributed by atoms with Gasteiger partial charge < -0.3 is 20.7 Å². The van der Waals surface area contributed by atoms with Gasteiger partial charge in [0, 0.05) is 38.7 Å². The van der Waals surface area contributed by atoms with E-state index in [1.165, 1.54) is 0 Å². The maximum Gasteiger partial charge on any atom is 0.223 e. The number of carbonyl (C=O) groups excluding carboxylic acids is 1. The minimum atomic E-state index is 0.185. The Hall–Kier alpha value is -1.30. The first kappa shape index (κ1) is 19.7. The number of aliphatic imine (C=N–C) groups is 1. The second-order valence-electron chi connectivity index (χ2n) is 6.28. The molecule has 23 heavy (non-hydrogen) atoms. The summed E-state index contributed by atoms with van der Waals surface area (Å²) in [6.07, 6.45) is 3.26. The van der Waals surface area contributed by atoms with Crippen LogP contribution in [0.25, 0.3) is 0 Å². The third-order valence-electron chi connectivity index (χ3n) is 3.82. The molecule has 1 aliphatic rings. The van der Waals surface area contributed by atoms with Crippen LogP contribution in [0.5, 0.6) is 0 Å². The van der Waals surface area contributed by atoms with Crippen LogP contribution >= 0.6 is 0 Å². The van der Waals surface area contributed by atoms with Crippen molar-refractivity contribution in [3.8, 4) is 0 Å². The minimum Gasteiger partial charge on any atom is -0.378 e. The Bertz CT molecular complexity index is 368. The lowest BCUT2D eigenvalue weighted by molar-refractivity contribution is -0.122. The Morgan fingerprint density at radius 2 is 1.87 bits per heavy atom. The lowest BCUT2D eigenvalue weighted by Gasteiger charge is -2.20. The molecule has 1 aliphatic carbocycles. The molecule has 1 atom stereocenters. The number of nitrogens with one attached hydrogen (secondary N) is 3. The predicted molar refractivity (Wildman–Crippen MR) is 94.6 cm³/mol. The largest absolute Gasteiger partial charge is 0.378 e. The van der Waals surface area contributed by atoms with E-state index >= 15 is 0 Å². The first-order chi connectivity index (χ1) is 11.1. The van der Waals surface area contributed by atoms with Crippen LogP contribution in [0, 0.1) is 11.8 Å². The molecule has 6 nitrogen and oxygen atoms in total. The molecule has 1 amide bonds. The Morgan fingerprint density at radius 1 is 1.17 bits per heavy atom. The molecule has 1 rings (SSSR count). The van der Waals surface area contributed by atoms with E-state index in [9.17, 15) is 4.79 Å². The molecule has 0 heterocycles. The smallest absolute Gasteiger partial charge is 0.223 e. The Kier molecular flexibility index (Phi) is 9.67. The van der Waals surface area contributed by atoms with Crippen molar-refractivity contribution in [3.05, 3.63) is 0 Å². The summed E-state index contributed by atoms with van der Waals surface area (Å²) < 4.78 is 5.74. The maximum atomic E-state index is 11.5. The average molecular weight is 326 g/mol. The van der Waals surface area contributed by atoms with Crippen LogP contribution in [-0.2, 0) is 9.53 Å². The fraction of sp³-hybridized carbons (Fsp3) is 0.882. The standard InChI is InChI=1S/C17H34N4O2/c1-5-18-17(20-10-9-15(13(3)4)23-6-2)21-12-11-19-16(22)14-7-8-14/h13-15H,5-12H2,1-4H3,(H,19,22)(H2,18,20,21). The first-order valence-corrected chi connectivity index (χ1v) is 8.99. The summed E-state index contributed by atoms with van der Waals surface area (Å²) in [6.45, 7) is 12.0. The van der Waals surface area contributed by atoms with Crippen LogP contribution in [0.15, 0.2) is 4.99 Å². The zero-order valence-corrected chi connectivity index (χ0v) is 15.2. The van der Waals surface area contributed by atoms with E-state index < -0.39 is 0 Å². The quantitative estimate of drug-likeness (QED) is 0.306. The summed E-state index contributed by atoms with van der Waals surface area (Å²) in [7, 11) is 0. The predicted octanol–water partition coefficient (Wildman–Crippen LogP) is 1.52. The fourth-order valence-electron chi connectivity index (χ4n) is 2.32. The molecular formula is C17H34N4O2. The van der Waals surface area contributed by atoms with Gasteiger partial charge >= 0.3 is 0 Å². The molecule has 6 heteroatoms. The maximum absolute atomic E-state index is 11.5. The molecule has 0 aliphatic heterocycles. The molecule has 0 saturated heterocycles. The third kappa shape index (κ3) is 8.79. The summed E-state index contributed by atoms with van der Waals surface area (Å²) >= 11 is 0. The molecule has 0 bridgehead atoms. The zero-order valence-electron chi connectivity index (χ0n) is 15.2. The van der Waals surface area contributed by atoms with Crippen molar-refractivity contribution in [3.63, 3.8) is 0 Å². The number of ether oxygens (including phenoxy) is 1. The summed E-state index contributed by atoms with van der Waals surface area (Å²) in [5.41, 5.74) is 0. The summed E-state index contributed by atoms with van der Waals surface area (Å²) in [6, 6.07) is 0. The second kappa shape index (κ2) is 11.3. The van der Waals surface area contributed by atoms with E-state index in [-0.39, 0.29) is 17.9 Å². The van der Waals surface area contributed by atoms with Crippen molar-refractivity contribution in [1.82, 2.24) is 16.0 Å². The summed E-state index contributed by atoms with van der Waals surface area (Å²) in [4.78, 5) is 16.1. The highest BCUT2D eigenvalue weighted by atomic mass is 16.5. The molecule has 1 unspecified atom stereocenters. The average Bonchev–Trinajstić information content (AvgIpc) is 3.34. The van der Waals surface area contributed by atoms with Crippen molar-refractivity contribution < 1.29 is 9.53 Å². The number of guanidine groups is 1. The highest BCUT2D eigenvalue weighted by Crippen LogP contribution is 2.28. The fourth-order valence-corrected chi connectivity index (χ4v) is 2.32. The van der Waals surface area contributed by atoms with Crippen LogP contribution in [0.4, 0.5) is 0 Å². The van der Waals surface area contributed by atoms with Gasteiger partial charge in [0.15, 0.2) is 5.96 Å². The highest BCUT2D eigenvalue weighted by Gasteiger charge is 2.28. The van der Waals surface area contributed by atoms with Crippen molar-refractivity contribution in [1.29, 1.82) is 0 Å². The van der Waals surface area contributed by atoms with Gasteiger partial charge in [0.1, 0.15) is 0 Å². The van der Waals surface area contributed by atoms with Gasteiger partial charge in [-0.05, 0) is 39.0 Å². The van der Waals surface area contributed by atoms with Crippen molar-refractivity contribution in [2.45, 2.75) is 53.1 Å². The molecule has 0 aromatic heterocycles. The number of rotatable bonds is 11. The van der Waals surface area contributed by atoms with E-state index in [0.717, 1.165) is 44.9 Å². The molecule has 0 spiro atoms. The van der Waals surface area contributed by atoms with Crippen LogP contribution < -0.4 is 16.0 Å². The highest BCUT2D eigenvalue weighted by molar-refractivity contribution is 5.81. The zero-order chi connectivity index (χ0) is 17.1. The summed E-state index contributed by atoms with van der Waals surface area (Å²) in [5.74, 6) is 1.75. The third-order valence-corrected chi connectivity index (χ3v) is 3.82. The number of carbonyl (C=O) groups is 1. The van der Waals surface area contributed by atoms with Gasteiger partial charge in [-0.25, -0.2) is 0 Å². The minimum absolute atomic E-state index is 0.185. The van der Waals surface area contributed by atoms with Gasteiger partial charge in [-0.2, -0.15) is 0 Å². The van der Waals surface area contributed by atoms with Crippen molar-refractivity contribution in [2.24, 2.45) is 16.8 Å². The van der Waals surface area contributed by atoms with Crippen molar-refractivity contribution >= 4 is 11.9 Å². The Morgan fingerprint density at radius 3 is 2.43 bits per heavy atom. The number of hydrogen-bond acceptors (Lipinski definition) is 3. The van der Waals surface area contributed by atoms with Gasteiger partial charge in [0.2, 0.25) is 5.91 Å². The van der Waals surface area contributed by atoms with Gasteiger partial charge in [-0.3, -0.25) is 9.79 Å². The topological polar surface area (TPSA) is 74.8 Å². The van der Waals surface area contributed by atoms with Gasteiger partial charge in [-0.1, -0.05) is 13.8 Å². The normalized spacial score (nSPS) is 16.3. The SMILES string of the molecule is CCNC(=NCCC(OCC)C(C)C)NCCNC(=O)C1CC1. The lowest BCUT2D eigenvalue weighted by Crippen LogP contribution is -2.42. The molecule has 0 radical (unpaired) electrons. The Balaban J connectivity index is 2.26. The number of hydrogen-bond donors (Lipinski definition) is 3. The second-order valence-corrected chi connectivity index (χ2v) is 6.28. The van der Waals surface area contributed by atoms with E-state index in [1.807, 2.05) is 13.8 Å². The van der Waals surface area contributed by atoms with Gasteiger partial charge in [0.05, 0.1) is 6.10 Å². The van der Waals surface area contributed by atoms with E-state index in [2.05, 4.69) is 34.8 Å². The lowest BCUT2D eigenvalue weighted by atomic mass is 10.0. The van der Waals surface area contributed by atoms with Crippen LogP contribution in [-0.4, -0.2) is 50.8 Å². The summed E-state index contributed by atoms with van der Waals surface area (Å²) in [5, 5.41) is 9.42. The van der Waals surface area contributed by atoms with E-state index in [1.54, 1.807) is 0 Å². The molecule has 134 valence electrons. The Labute approximate surface area is 140 Å². The molecule has 3 N–H and O–H groups in total. The van der Waals surface area contributed by atoms with Crippen LogP contribution in [0.3, 0.4) is 0 Å². The molecule has 0 aromatic rings. The van der Waals surface area contributed by atoms with Crippen molar-refractivity contribution in [2.75, 3.05) is 32.8 Å². The molecule has 1 saturated carbocycles. The monoisotopic (exact) mass is 326 g/mol. The molecule has 0 aromatic carbocycles. The van der Waals surface area contributed by atoms with Gasteiger partial charge in [0.25, 0.3) is 0 Å². The van der Waals surface area contributed by atoms with E-state index in [4.69, 9.17) is 4.74 Å². The first-order valence-electron chi connectivity index (χ1n) is 8.99. The van der Waals surface area contributed by atoms with Gasteiger partial charge in [-0.15, -0.1) is 0 Å². The van der Waals surface area contributed by atoms with E-state index in [0.29, 0.717) is 19.0 Å². The molecule has 1 fully saturated rings.